The van der Waals surface area contributed by atoms with Gasteiger partial charge in [0.15, 0.2) is 0 Å². The molecule has 1 aromatic rings. The second-order valence-electron chi connectivity index (χ2n) is 5.70. The summed E-state index contributed by atoms with van der Waals surface area (Å²) in [5, 5.41) is 4.55. The summed E-state index contributed by atoms with van der Waals surface area (Å²) in [5.41, 5.74) is 1.29. The predicted octanol–water partition coefficient (Wildman–Crippen LogP) is 5.96. The number of halogens is 1. The Morgan fingerprint density at radius 1 is 1.00 bits per heavy atom. The summed E-state index contributed by atoms with van der Waals surface area (Å²) in [6.45, 7) is 5.47. The van der Waals surface area contributed by atoms with Gasteiger partial charge in [0.25, 0.3) is 0 Å². The molecule has 1 N–H and O–H groups in total. The van der Waals surface area contributed by atoms with E-state index in [1.54, 1.807) is 0 Å². The molecule has 0 aliphatic heterocycles. The summed E-state index contributed by atoms with van der Waals surface area (Å²) in [4.78, 5) is 0. The Kier molecular flexibility index (Phi) is 9.78. The molecule has 1 aromatic carbocycles. The first kappa shape index (κ1) is 17.5. The van der Waals surface area contributed by atoms with Gasteiger partial charge in [-0.25, -0.2) is 0 Å². The Balaban J connectivity index is 2.37. The van der Waals surface area contributed by atoms with Crippen LogP contribution in [0.3, 0.4) is 0 Å². The first-order valence-corrected chi connectivity index (χ1v) is 8.61. The van der Waals surface area contributed by atoms with E-state index in [0.29, 0.717) is 6.04 Å². The highest BCUT2D eigenvalue weighted by atomic mass is 35.5. The van der Waals surface area contributed by atoms with E-state index >= 15 is 0 Å². The normalized spacial score (nSPS) is 11.2. The van der Waals surface area contributed by atoms with Gasteiger partial charge in [-0.15, -0.1) is 0 Å². The molecule has 0 fully saturated rings. The van der Waals surface area contributed by atoms with E-state index in [4.69, 9.17) is 11.6 Å². The highest BCUT2D eigenvalue weighted by Crippen LogP contribution is 2.14. The monoisotopic (exact) mass is 295 g/mol. The highest BCUT2D eigenvalue weighted by molar-refractivity contribution is 6.30. The quantitative estimate of drug-likeness (QED) is 0.497. The van der Waals surface area contributed by atoms with Gasteiger partial charge in [0.1, 0.15) is 0 Å². The number of unbranched alkanes of at least 4 members (excludes halogenated alkanes) is 4. The van der Waals surface area contributed by atoms with Crippen LogP contribution in [0.2, 0.25) is 5.02 Å². The summed E-state index contributed by atoms with van der Waals surface area (Å²) >= 11 is 6.04. The van der Waals surface area contributed by atoms with E-state index in [1.165, 1.54) is 56.9 Å². The zero-order chi connectivity index (χ0) is 14.6. The summed E-state index contributed by atoms with van der Waals surface area (Å²) in [7, 11) is 0. The zero-order valence-corrected chi connectivity index (χ0v) is 13.9. The number of hydrogen-bond donors (Lipinski definition) is 1. The van der Waals surface area contributed by atoms with Crippen LogP contribution in [0.4, 0.5) is 0 Å². The molecule has 0 saturated heterocycles. The van der Waals surface area contributed by atoms with E-state index in [1.807, 2.05) is 12.1 Å². The fraction of sp³-hybridized carbons (Fsp3) is 0.667. The zero-order valence-electron chi connectivity index (χ0n) is 13.1. The van der Waals surface area contributed by atoms with E-state index in [2.05, 4.69) is 31.3 Å². The van der Waals surface area contributed by atoms with Crippen LogP contribution in [-0.4, -0.2) is 6.04 Å². The molecule has 0 saturated carbocycles. The first-order chi connectivity index (χ1) is 9.76. The second-order valence-corrected chi connectivity index (χ2v) is 6.14. The average Bonchev–Trinajstić information content (AvgIpc) is 2.44. The maximum Gasteiger partial charge on any atom is 0.0409 e. The maximum absolute atomic E-state index is 6.04. The van der Waals surface area contributed by atoms with Crippen molar-refractivity contribution in [3.63, 3.8) is 0 Å². The Bertz CT molecular complexity index is 341. The van der Waals surface area contributed by atoms with Crippen LogP contribution in [-0.2, 0) is 6.54 Å². The van der Waals surface area contributed by atoms with Gasteiger partial charge in [0, 0.05) is 17.6 Å². The summed E-state index contributed by atoms with van der Waals surface area (Å²) in [6.07, 6.45) is 10.6. The van der Waals surface area contributed by atoms with Crippen molar-refractivity contribution >= 4 is 11.6 Å². The van der Waals surface area contributed by atoms with Crippen molar-refractivity contribution in [3.8, 4) is 0 Å². The van der Waals surface area contributed by atoms with Crippen molar-refractivity contribution < 1.29 is 0 Å². The van der Waals surface area contributed by atoms with Crippen molar-refractivity contribution in [1.29, 1.82) is 0 Å². The number of nitrogens with one attached hydrogen (secondary N) is 1. The molecule has 0 radical (unpaired) electrons. The van der Waals surface area contributed by atoms with Crippen LogP contribution < -0.4 is 5.32 Å². The van der Waals surface area contributed by atoms with Crippen LogP contribution in [0, 0.1) is 0 Å². The van der Waals surface area contributed by atoms with Gasteiger partial charge >= 0.3 is 0 Å². The molecule has 1 nitrogen and oxygen atoms in total. The van der Waals surface area contributed by atoms with Gasteiger partial charge in [-0.2, -0.15) is 0 Å². The molecule has 2 heteroatoms. The molecular formula is C18H30ClN. The SMILES string of the molecule is CCCCCC(CCCCC)NCc1cccc(Cl)c1. The van der Waals surface area contributed by atoms with Gasteiger partial charge in [-0.05, 0) is 30.5 Å². The van der Waals surface area contributed by atoms with Gasteiger partial charge in [0.2, 0.25) is 0 Å². The molecule has 20 heavy (non-hydrogen) atoms. The molecule has 1 rings (SSSR count). The van der Waals surface area contributed by atoms with Gasteiger partial charge < -0.3 is 5.32 Å². The van der Waals surface area contributed by atoms with Crippen molar-refractivity contribution in [3.05, 3.63) is 34.9 Å². The summed E-state index contributed by atoms with van der Waals surface area (Å²) in [6, 6.07) is 8.83. The third-order valence-electron chi connectivity index (χ3n) is 3.80. The molecule has 0 atom stereocenters. The topological polar surface area (TPSA) is 12.0 Å². The molecule has 114 valence electrons. The Hall–Kier alpha value is -0.530. The predicted molar refractivity (Wildman–Crippen MR) is 90.4 cm³/mol. The maximum atomic E-state index is 6.04. The van der Waals surface area contributed by atoms with E-state index < -0.39 is 0 Å². The van der Waals surface area contributed by atoms with Crippen molar-refractivity contribution in [1.82, 2.24) is 5.32 Å². The number of hydrogen-bond acceptors (Lipinski definition) is 1. The van der Waals surface area contributed by atoms with Crippen molar-refractivity contribution in [2.75, 3.05) is 0 Å². The van der Waals surface area contributed by atoms with Crippen LogP contribution in [0.1, 0.15) is 70.8 Å². The summed E-state index contributed by atoms with van der Waals surface area (Å²) < 4.78 is 0. The van der Waals surface area contributed by atoms with E-state index in [-0.39, 0.29) is 0 Å². The summed E-state index contributed by atoms with van der Waals surface area (Å²) in [5.74, 6) is 0. The molecular weight excluding hydrogens is 266 g/mol. The van der Waals surface area contributed by atoms with Crippen LogP contribution in [0.25, 0.3) is 0 Å². The lowest BCUT2D eigenvalue weighted by molar-refractivity contribution is 0.417. The average molecular weight is 296 g/mol. The molecule has 0 unspecified atom stereocenters. The fourth-order valence-electron chi connectivity index (χ4n) is 2.54. The molecule has 0 amide bonds. The minimum Gasteiger partial charge on any atom is -0.310 e. The van der Waals surface area contributed by atoms with Crippen LogP contribution in [0.5, 0.6) is 0 Å². The lowest BCUT2D eigenvalue weighted by Gasteiger charge is -2.19. The second kappa shape index (κ2) is 11.2. The van der Waals surface area contributed by atoms with Crippen LogP contribution >= 0.6 is 11.6 Å². The first-order valence-electron chi connectivity index (χ1n) is 8.24. The van der Waals surface area contributed by atoms with Gasteiger partial charge in [-0.3, -0.25) is 0 Å². The Labute approximate surface area is 130 Å². The largest absolute Gasteiger partial charge is 0.310 e. The minimum atomic E-state index is 0.659. The van der Waals surface area contributed by atoms with Gasteiger partial charge in [-0.1, -0.05) is 76.1 Å². The smallest absolute Gasteiger partial charge is 0.0409 e. The van der Waals surface area contributed by atoms with Gasteiger partial charge in [0.05, 0.1) is 0 Å². The standard InChI is InChI=1S/C18H30ClN/c1-3-5-7-12-18(13-8-6-4-2)20-15-16-10-9-11-17(19)14-16/h9-11,14,18,20H,3-8,12-13,15H2,1-2H3. The number of rotatable bonds is 11. The lowest BCUT2D eigenvalue weighted by Crippen LogP contribution is -2.28. The Morgan fingerprint density at radius 2 is 1.65 bits per heavy atom. The van der Waals surface area contributed by atoms with Crippen LogP contribution in [0.15, 0.2) is 24.3 Å². The minimum absolute atomic E-state index is 0.659. The lowest BCUT2D eigenvalue weighted by atomic mass is 10.0. The third-order valence-corrected chi connectivity index (χ3v) is 4.03. The fourth-order valence-corrected chi connectivity index (χ4v) is 2.75. The molecule has 0 aromatic heterocycles. The van der Waals surface area contributed by atoms with Crippen molar-refractivity contribution in [2.24, 2.45) is 0 Å². The van der Waals surface area contributed by atoms with E-state index in [0.717, 1.165) is 11.6 Å². The third kappa shape index (κ3) is 7.91. The Morgan fingerprint density at radius 3 is 2.20 bits per heavy atom. The molecule has 0 heterocycles. The van der Waals surface area contributed by atoms with E-state index in [9.17, 15) is 0 Å². The molecule has 0 aliphatic carbocycles. The van der Waals surface area contributed by atoms with Crippen molar-refractivity contribution in [2.45, 2.75) is 77.8 Å². The number of benzene rings is 1. The molecule has 0 aliphatic rings. The highest BCUT2D eigenvalue weighted by Gasteiger charge is 2.07. The molecule has 0 spiro atoms. The molecule has 0 bridgehead atoms.